The van der Waals surface area contributed by atoms with Crippen LogP contribution in [0, 0.1) is 0 Å². The molecule has 0 aromatic heterocycles. The zero-order valence-electron chi connectivity index (χ0n) is 16.8. The van der Waals surface area contributed by atoms with Crippen LogP contribution in [0.4, 0.5) is 96.6 Å². The number of halogens is 22. The Hall–Kier alpha value is -2.68. The van der Waals surface area contributed by atoms with E-state index in [9.17, 15) is 106 Å². The first kappa shape index (κ1) is 37.3. The van der Waals surface area contributed by atoms with Gasteiger partial charge in [0.25, 0.3) is 0 Å². The SMILES string of the molecule is O=C(OOC(=O)[C@@](F)(OC(F)(F)C(F)(F)C(F)(F)F)C(F)(F)F)[C@@](F)(OC(F)(F)C(F)(F)C(F)(F)F)C(F)(F)F. The largest absolute Gasteiger partial charge is 0.462 e. The molecule has 0 saturated carbocycles. The molecule has 0 bridgehead atoms. The Bertz CT molecular complexity index is 868. The predicted molar refractivity (Wildman–Crippen MR) is 66.0 cm³/mol. The maximum Gasteiger partial charge on any atom is 0.462 e. The maximum absolute atomic E-state index is 13.8. The highest BCUT2D eigenvalue weighted by Gasteiger charge is 2.82. The molecule has 0 aliphatic heterocycles. The number of hydrogen-bond acceptors (Lipinski definition) is 6. The molecule has 0 N–H and O–H groups in total. The molecular formula is C12F22O6. The third-order valence-corrected chi connectivity index (χ3v) is 3.43. The minimum Gasteiger partial charge on any atom is -0.260 e. The van der Waals surface area contributed by atoms with Crippen molar-refractivity contribution in [2.24, 2.45) is 0 Å². The summed E-state index contributed by atoms with van der Waals surface area (Å²) < 4.78 is 280. The molecule has 0 unspecified atom stereocenters. The summed E-state index contributed by atoms with van der Waals surface area (Å²) in [5.74, 6) is -40.2. The lowest BCUT2D eigenvalue weighted by molar-refractivity contribution is -0.482. The van der Waals surface area contributed by atoms with Gasteiger partial charge in [0.15, 0.2) is 0 Å². The summed E-state index contributed by atoms with van der Waals surface area (Å²) in [6.07, 6.45) is -46.3. The molecule has 0 heterocycles. The van der Waals surface area contributed by atoms with E-state index in [2.05, 4.69) is 0 Å². The Labute approximate surface area is 199 Å². The number of rotatable bonds is 8. The van der Waals surface area contributed by atoms with E-state index in [1.54, 1.807) is 0 Å². The van der Waals surface area contributed by atoms with E-state index >= 15 is 0 Å². The van der Waals surface area contributed by atoms with Gasteiger partial charge in [0.05, 0.1) is 0 Å². The lowest BCUT2D eigenvalue weighted by Crippen LogP contribution is -2.63. The van der Waals surface area contributed by atoms with Crippen LogP contribution in [0.25, 0.3) is 0 Å². The average molecular weight is 658 g/mol. The number of carbonyl (C=O) groups excluding carboxylic acids is 2. The molecule has 0 aromatic rings. The number of hydrogen-bond donors (Lipinski definition) is 0. The Morgan fingerprint density at radius 3 is 0.700 bits per heavy atom. The first-order chi connectivity index (χ1) is 17.0. The van der Waals surface area contributed by atoms with Gasteiger partial charge in [-0.15, -0.1) is 0 Å². The first-order valence-corrected chi connectivity index (χ1v) is 7.96. The van der Waals surface area contributed by atoms with Crippen LogP contribution < -0.4 is 0 Å². The van der Waals surface area contributed by atoms with E-state index < -0.39 is 72.4 Å². The topological polar surface area (TPSA) is 71.1 Å². The van der Waals surface area contributed by atoms with Crippen molar-refractivity contribution in [3.05, 3.63) is 0 Å². The fourth-order valence-electron chi connectivity index (χ4n) is 1.42. The quantitative estimate of drug-likeness (QED) is 0.180. The minimum atomic E-state index is -7.85. The van der Waals surface area contributed by atoms with Crippen molar-refractivity contribution in [2.75, 3.05) is 0 Å². The summed E-state index contributed by atoms with van der Waals surface area (Å²) in [6, 6.07) is 0. The summed E-state index contributed by atoms with van der Waals surface area (Å²) in [7, 11) is 0. The van der Waals surface area contributed by atoms with Gasteiger partial charge in [-0.2, -0.15) is 96.6 Å². The molecule has 0 aliphatic carbocycles. The maximum atomic E-state index is 13.8. The van der Waals surface area contributed by atoms with Gasteiger partial charge < -0.3 is 0 Å². The third kappa shape index (κ3) is 6.45. The van der Waals surface area contributed by atoms with Crippen molar-refractivity contribution in [1.82, 2.24) is 0 Å². The lowest BCUT2D eigenvalue weighted by atomic mass is 10.2. The Morgan fingerprint density at radius 2 is 0.550 bits per heavy atom. The monoisotopic (exact) mass is 658 g/mol. The number of alkyl halides is 22. The van der Waals surface area contributed by atoms with Gasteiger partial charge in [0.2, 0.25) is 0 Å². The normalized spacial score (nSPS) is 18.1. The molecule has 0 amide bonds. The van der Waals surface area contributed by atoms with Crippen molar-refractivity contribution in [2.45, 2.75) is 60.5 Å². The molecule has 0 aromatic carbocycles. The number of ether oxygens (including phenoxy) is 2. The summed E-state index contributed by atoms with van der Waals surface area (Å²) in [4.78, 5) is 26.0. The van der Waals surface area contributed by atoms with Gasteiger partial charge in [0.1, 0.15) is 0 Å². The van der Waals surface area contributed by atoms with Crippen molar-refractivity contribution in [3.63, 3.8) is 0 Å². The van der Waals surface area contributed by atoms with Crippen LogP contribution >= 0.6 is 0 Å². The molecular weight excluding hydrogens is 658 g/mol. The minimum absolute atomic E-state index is 1.44. The van der Waals surface area contributed by atoms with E-state index in [1.807, 2.05) is 9.78 Å². The molecule has 0 aliphatic rings. The fraction of sp³-hybridized carbons (Fsp3) is 0.833. The van der Waals surface area contributed by atoms with E-state index in [0.717, 1.165) is 0 Å². The molecule has 0 saturated heterocycles. The van der Waals surface area contributed by atoms with Crippen LogP contribution in [0.15, 0.2) is 0 Å². The van der Waals surface area contributed by atoms with E-state index in [-0.39, 0.29) is 0 Å². The molecule has 238 valence electrons. The lowest BCUT2D eigenvalue weighted by Gasteiger charge is -2.34. The third-order valence-electron chi connectivity index (χ3n) is 3.43. The highest BCUT2D eigenvalue weighted by molar-refractivity contribution is 5.82. The second kappa shape index (κ2) is 10.00. The van der Waals surface area contributed by atoms with Gasteiger partial charge in [0, 0.05) is 0 Å². The van der Waals surface area contributed by atoms with Crippen molar-refractivity contribution in [1.29, 1.82) is 0 Å². The molecule has 0 radical (unpaired) electrons. The van der Waals surface area contributed by atoms with Crippen LogP contribution in [0.2, 0.25) is 0 Å². The Balaban J connectivity index is 6.39. The van der Waals surface area contributed by atoms with Crippen LogP contribution in [0.3, 0.4) is 0 Å². The number of carbonyl (C=O) groups is 2. The predicted octanol–water partition coefficient (Wildman–Crippen LogP) is 6.06. The zero-order valence-corrected chi connectivity index (χ0v) is 16.8. The van der Waals surface area contributed by atoms with Crippen LogP contribution in [0.5, 0.6) is 0 Å². The molecule has 6 nitrogen and oxygen atoms in total. The second-order valence-corrected chi connectivity index (χ2v) is 6.31. The zero-order chi connectivity index (χ0) is 33.0. The van der Waals surface area contributed by atoms with Gasteiger partial charge in [-0.3, -0.25) is 9.47 Å². The Morgan fingerprint density at radius 1 is 0.350 bits per heavy atom. The summed E-state index contributed by atoms with van der Waals surface area (Å²) in [6.45, 7) is 0. The highest BCUT2D eigenvalue weighted by atomic mass is 19.4. The molecule has 40 heavy (non-hydrogen) atoms. The first-order valence-electron chi connectivity index (χ1n) is 7.96. The van der Waals surface area contributed by atoms with Gasteiger partial charge in [-0.05, 0) is 0 Å². The summed E-state index contributed by atoms with van der Waals surface area (Å²) in [5.41, 5.74) is 0. The van der Waals surface area contributed by atoms with E-state index in [4.69, 9.17) is 0 Å². The fourth-order valence-corrected chi connectivity index (χ4v) is 1.42. The summed E-state index contributed by atoms with van der Waals surface area (Å²) in [5, 5.41) is 0. The Kier molecular flexibility index (Phi) is 9.33. The van der Waals surface area contributed by atoms with Crippen LogP contribution in [-0.4, -0.2) is 72.4 Å². The van der Waals surface area contributed by atoms with Crippen LogP contribution in [0.1, 0.15) is 0 Å². The van der Waals surface area contributed by atoms with Crippen molar-refractivity contribution in [3.8, 4) is 0 Å². The second-order valence-electron chi connectivity index (χ2n) is 6.31. The smallest absolute Gasteiger partial charge is 0.260 e. The summed E-state index contributed by atoms with van der Waals surface area (Å²) >= 11 is 0. The standard InChI is InChI=1S/C12F22O6/c13-3(7(19,20)21,39-11(31,32)5(15,16)9(25,26)27)1(35)37-38-2(36)4(14,8(22,23)24)40-12(33,34)6(17,18)10(28,29)30/t3-,4-/m1/s1. The van der Waals surface area contributed by atoms with E-state index in [1.165, 1.54) is 9.47 Å². The van der Waals surface area contributed by atoms with Gasteiger partial charge in [-0.25, -0.2) is 19.4 Å². The van der Waals surface area contributed by atoms with Crippen molar-refractivity contribution >= 4 is 11.9 Å². The molecule has 0 rings (SSSR count). The van der Waals surface area contributed by atoms with Gasteiger partial charge >= 0.3 is 72.4 Å². The van der Waals surface area contributed by atoms with Crippen molar-refractivity contribution < 1.29 is 125 Å². The van der Waals surface area contributed by atoms with Crippen LogP contribution in [-0.2, 0) is 28.8 Å². The molecule has 28 heteroatoms. The molecule has 0 spiro atoms. The van der Waals surface area contributed by atoms with Gasteiger partial charge in [-0.1, -0.05) is 0 Å². The molecule has 2 atom stereocenters. The average Bonchev–Trinajstić information content (AvgIpc) is 2.67. The molecule has 0 fully saturated rings. The van der Waals surface area contributed by atoms with E-state index in [0.29, 0.717) is 0 Å². The highest BCUT2D eigenvalue weighted by Crippen LogP contribution is 2.53.